The highest BCUT2D eigenvalue weighted by Crippen LogP contribution is 2.42. The van der Waals surface area contributed by atoms with E-state index in [1.807, 2.05) is 6.07 Å². The van der Waals surface area contributed by atoms with E-state index in [9.17, 15) is 14.7 Å². The first-order valence-electron chi connectivity index (χ1n) is 14.7. The molecule has 5 nitrogen and oxygen atoms in total. The molecule has 4 aromatic carbocycles. The molecule has 0 saturated heterocycles. The van der Waals surface area contributed by atoms with Crippen LogP contribution in [0.5, 0.6) is 5.75 Å². The molecule has 0 radical (unpaired) electrons. The van der Waals surface area contributed by atoms with Gasteiger partial charge in [0.1, 0.15) is 17.4 Å². The Labute approximate surface area is 251 Å². The number of carbonyl (C=O) groups is 2. The summed E-state index contributed by atoms with van der Waals surface area (Å²) in [6, 6.07) is 25.3. The first-order chi connectivity index (χ1) is 20.8. The molecule has 4 rings (SSSR count). The molecule has 0 aliphatic rings. The number of unbranched alkanes of at least 4 members (excludes halogenated alkanes) is 5. The molecular formula is C36H37F2NO4. The van der Waals surface area contributed by atoms with Crippen molar-refractivity contribution in [3.8, 4) is 28.0 Å². The highest BCUT2D eigenvalue weighted by Gasteiger charge is 2.23. The molecule has 43 heavy (non-hydrogen) atoms. The lowest BCUT2D eigenvalue weighted by Gasteiger charge is -2.21. The zero-order valence-electron chi connectivity index (χ0n) is 24.4. The van der Waals surface area contributed by atoms with Gasteiger partial charge >= 0.3 is 5.97 Å². The second kappa shape index (κ2) is 15.6. The van der Waals surface area contributed by atoms with Crippen molar-refractivity contribution >= 4 is 11.9 Å². The van der Waals surface area contributed by atoms with E-state index >= 15 is 8.78 Å². The van der Waals surface area contributed by atoms with Crippen molar-refractivity contribution in [3.05, 3.63) is 114 Å². The van der Waals surface area contributed by atoms with Crippen LogP contribution in [0.15, 0.2) is 91.0 Å². The summed E-state index contributed by atoms with van der Waals surface area (Å²) in [5.41, 5.74) is 2.16. The van der Waals surface area contributed by atoms with Gasteiger partial charge in [0, 0.05) is 41.4 Å². The number of amides is 1. The van der Waals surface area contributed by atoms with Crippen LogP contribution in [-0.2, 0) is 11.2 Å². The highest BCUT2D eigenvalue weighted by molar-refractivity contribution is 5.99. The lowest BCUT2D eigenvalue weighted by molar-refractivity contribution is -0.139. The number of carboxylic acid groups (broad SMARTS) is 1. The van der Waals surface area contributed by atoms with E-state index in [0.29, 0.717) is 6.54 Å². The van der Waals surface area contributed by atoms with Crippen LogP contribution in [0.4, 0.5) is 8.78 Å². The molecule has 0 unspecified atom stereocenters. The Morgan fingerprint density at radius 2 is 1.21 bits per heavy atom. The third-order valence-corrected chi connectivity index (χ3v) is 7.40. The average Bonchev–Trinajstić information content (AvgIpc) is 3.01. The molecule has 0 saturated carbocycles. The summed E-state index contributed by atoms with van der Waals surface area (Å²) in [6.07, 6.45) is 7.46. The summed E-state index contributed by atoms with van der Waals surface area (Å²) in [5, 5.41) is 9.30. The molecule has 1 N–H and O–H groups in total. The maximum atomic E-state index is 15.0. The molecule has 4 aromatic rings. The number of nitrogens with zero attached hydrogens (tertiary/aromatic N) is 1. The van der Waals surface area contributed by atoms with Crippen molar-refractivity contribution < 1.29 is 28.2 Å². The van der Waals surface area contributed by atoms with Gasteiger partial charge in [-0.1, -0.05) is 92.4 Å². The lowest BCUT2D eigenvalue weighted by atomic mass is 9.93. The number of carboxylic acids is 1. The van der Waals surface area contributed by atoms with Gasteiger partial charge in [-0.15, -0.1) is 0 Å². The van der Waals surface area contributed by atoms with Crippen LogP contribution in [0, 0.1) is 11.6 Å². The first kappa shape index (κ1) is 31.4. The van der Waals surface area contributed by atoms with Gasteiger partial charge in [0.15, 0.2) is 6.61 Å². The topological polar surface area (TPSA) is 66.8 Å². The Morgan fingerprint density at radius 3 is 1.77 bits per heavy atom. The standard InChI is InChI=1S/C36H37F2NO4/c1-39(22-14-5-3-2-4-7-15-26-16-8-6-9-17-26)36(42)27-23-30(28-18-10-12-20-32(28)37)35(43-25-34(40)41)31(24-27)29-19-11-13-21-33(29)38/h6,8-13,16-21,23-24H,2-5,7,14-15,22,25H2,1H3,(H,40,41). The second-order valence-electron chi connectivity index (χ2n) is 10.6. The van der Waals surface area contributed by atoms with Crippen molar-refractivity contribution in [1.29, 1.82) is 0 Å². The Hall–Kier alpha value is -4.52. The van der Waals surface area contributed by atoms with Gasteiger partial charge in [0.05, 0.1) is 0 Å². The van der Waals surface area contributed by atoms with Crippen molar-refractivity contribution in [1.82, 2.24) is 4.90 Å². The van der Waals surface area contributed by atoms with Crippen LogP contribution >= 0.6 is 0 Å². The molecule has 7 heteroatoms. The number of ether oxygens (including phenoxy) is 1. The second-order valence-corrected chi connectivity index (χ2v) is 10.6. The highest BCUT2D eigenvalue weighted by atomic mass is 19.1. The molecule has 0 fully saturated rings. The zero-order valence-corrected chi connectivity index (χ0v) is 24.4. The normalized spacial score (nSPS) is 10.9. The van der Waals surface area contributed by atoms with Crippen molar-refractivity contribution in [3.63, 3.8) is 0 Å². The van der Waals surface area contributed by atoms with E-state index < -0.39 is 24.2 Å². The van der Waals surface area contributed by atoms with Gasteiger partial charge in [-0.05, 0) is 49.1 Å². The number of aryl methyl sites for hydroxylation is 1. The number of hydrogen-bond acceptors (Lipinski definition) is 3. The zero-order chi connectivity index (χ0) is 30.6. The summed E-state index contributed by atoms with van der Waals surface area (Å²) in [5.74, 6) is -2.71. The maximum absolute atomic E-state index is 15.0. The van der Waals surface area contributed by atoms with Crippen LogP contribution in [0.25, 0.3) is 22.3 Å². The molecule has 0 aliphatic carbocycles. The van der Waals surface area contributed by atoms with E-state index in [4.69, 9.17) is 4.74 Å². The van der Waals surface area contributed by atoms with Gasteiger partial charge in [0.2, 0.25) is 0 Å². The van der Waals surface area contributed by atoms with Gasteiger partial charge in [0.25, 0.3) is 5.91 Å². The summed E-state index contributed by atoms with van der Waals surface area (Å²) in [6.45, 7) is -0.188. The van der Waals surface area contributed by atoms with Gasteiger partial charge in [-0.25, -0.2) is 13.6 Å². The SMILES string of the molecule is CN(CCCCCCCCc1ccccc1)C(=O)c1cc(-c2ccccc2F)c(OCC(=O)O)c(-c2ccccc2F)c1. The summed E-state index contributed by atoms with van der Waals surface area (Å²) in [4.78, 5) is 26.6. The quantitative estimate of drug-likeness (QED) is 0.142. The number of rotatable bonds is 15. The fourth-order valence-electron chi connectivity index (χ4n) is 5.15. The van der Waals surface area contributed by atoms with Crippen LogP contribution in [-0.4, -0.2) is 42.1 Å². The van der Waals surface area contributed by atoms with Gasteiger partial charge < -0.3 is 14.7 Å². The Morgan fingerprint density at radius 1 is 0.698 bits per heavy atom. The molecule has 224 valence electrons. The van der Waals surface area contributed by atoms with Crippen molar-refractivity contribution in [2.45, 2.75) is 44.9 Å². The lowest BCUT2D eigenvalue weighted by Crippen LogP contribution is -2.28. The molecule has 0 spiro atoms. The number of carbonyl (C=O) groups excluding carboxylic acids is 1. The number of benzene rings is 4. The van der Waals surface area contributed by atoms with Crippen molar-refractivity contribution in [2.24, 2.45) is 0 Å². The molecule has 1 amide bonds. The molecule has 0 bridgehead atoms. The third kappa shape index (κ3) is 8.74. The molecular weight excluding hydrogens is 548 g/mol. The van der Waals surface area contributed by atoms with E-state index in [0.717, 1.165) is 44.9 Å². The summed E-state index contributed by atoms with van der Waals surface area (Å²) in [7, 11) is 1.71. The first-order valence-corrected chi connectivity index (χ1v) is 14.7. The van der Waals surface area contributed by atoms with Crippen LogP contribution in [0.3, 0.4) is 0 Å². The summed E-state index contributed by atoms with van der Waals surface area (Å²) < 4.78 is 35.7. The maximum Gasteiger partial charge on any atom is 0.341 e. The van der Waals surface area contributed by atoms with E-state index in [2.05, 4.69) is 24.3 Å². The number of hydrogen-bond donors (Lipinski definition) is 1. The Kier molecular flexibility index (Phi) is 11.4. The Bertz CT molecular complexity index is 1460. The minimum atomic E-state index is -1.24. The largest absolute Gasteiger partial charge is 0.481 e. The number of aliphatic carboxylic acids is 1. The molecule has 0 atom stereocenters. The Balaban J connectivity index is 1.50. The predicted octanol–water partition coefficient (Wildman–Crippen LogP) is 8.42. The fourth-order valence-corrected chi connectivity index (χ4v) is 5.15. The fraction of sp³-hybridized carbons (Fsp3) is 0.278. The summed E-state index contributed by atoms with van der Waals surface area (Å²) >= 11 is 0. The minimum absolute atomic E-state index is 0.0101. The van der Waals surface area contributed by atoms with Gasteiger partial charge in [-0.3, -0.25) is 4.79 Å². The van der Waals surface area contributed by atoms with Gasteiger partial charge in [-0.2, -0.15) is 0 Å². The van der Waals surface area contributed by atoms with Crippen LogP contribution < -0.4 is 4.74 Å². The van der Waals surface area contributed by atoms with E-state index in [1.54, 1.807) is 24.1 Å². The van der Waals surface area contributed by atoms with Crippen molar-refractivity contribution in [2.75, 3.05) is 20.2 Å². The van der Waals surface area contributed by atoms with E-state index in [-0.39, 0.29) is 39.5 Å². The molecule has 0 aliphatic heterocycles. The smallest absolute Gasteiger partial charge is 0.341 e. The van der Waals surface area contributed by atoms with Crippen LogP contribution in [0.2, 0.25) is 0 Å². The average molecular weight is 586 g/mol. The van der Waals surface area contributed by atoms with Crippen LogP contribution in [0.1, 0.15) is 54.4 Å². The van der Waals surface area contributed by atoms with E-state index in [1.165, 1.54) is 54.1 Å². The predicted molar refractivity (Wildman–Crippen MR) is 165 cm³/mol. The minimum Gasteiger partial charge on any atom is -0.481 e. The molecule has 0 aromatic heterocycles. The monoisotopic (exact) mass is 585 g/mol. The molecule has 0 heterocycles. The number of halogens is 2. The third-order valence-electron chi connectivity index (χ3n) is 7.40.